The van der Waals surface area contributed by atoms with E-state index in [1.165, 1.54) is 6.07 Å². The van der Waals surface area contributed by atoms with Crippen LogP contribution in [0.25, 0.3) is 22.4 Å². The van der Waals surface area contributed by atoms with Crippen LogP contribution in [0.15, 0.2) is 22.7 Å². The summed E-state index contributed by atoms with van der Waals surface area (Å²) >= 11 is 6.06. The van der Waals surface area contributed by atoms with Gasteiger partial charge in [-0.1, -0.05) is 16.8 Å². The number of rotatable bonds is 4. The first kappa shape index (κ1) is 19.7. The molecule has 30 heavy (non-hydrogen) atoms. The molecular weight excluding hydrogens is 409 g/mol. The molecule has 158 valence electrons. The lowest BCUT2D eigenvalue weighted by Gasteiger charge is -2.35. The smallest absolute Gasteiger partial charge is 0.261 e. The van der Waals surface area contributed by atoms with Gasteiger partial charge in [-0.2, -0.15) is 4.98 Å². The summed E-state index contributed by atoms with van der Waals surface area (Å²) in [5.41, 5.74) is 0.984. The van der Waals surface area contributed by atoms with Crippen LogP contribution in [0.3, 0.4) is 0 Å². The minimum Gasteiger partial charge on any atom is -0.380 e. The Bertz CT molecular complexity index is 1060. The van der Waals surface area contributed by atoms with Gasteiger partial charge >= 0.3 is 0 Å². The number of nitrogens with zero attached hydrogens (tertiary/aromatic N) is 4. The fourth-order valence-electron chi connectivity index (χ4n) is 4.26. The summed E-state index contributed by atoms with van der Waals surface area (Å²) in [6.45, 7) is 4.99. The maximum absolute atomic E-state index is 14.6. The van der Waals surface area contributed by atoms with Crippen molar-refractivity contribution in [2.24, 2.45) is 0 Å². The first-order valence-electron chi connectivity index (χ1n) is 10.3. The van der Waals surface area contributed by atoms with Gasteiger partial charge in [0.15, 0.2) is 11.6 Å². The van der Waals surface area contributed by atoms with Crippen molar-refractivity contribution in [2.45, 2.75) is 38.3 Å². The van der Waals surface area contributed by atoms with Gasteiger partial charge in [0.1, 0.15) is 11.3 Å². The van der Waals surface area contributed by atoms with Crippen molar-refractivity contribution >= 4 is 28.3 Å². The second-order valence-corrected chi connectivity index (χ2v) is 8.39. The number of nitrogens with one attached hydrogen (secondary N) is 1. The molecule has 0 saturated carbocycles. The van der Waals surface area contributed by atoms with Crippen LogP contribution in [0.2, 0.25) is 5.02 Å². The minimum atomic E-state index is -0.440. The van der Waals surface area contributed by atoms with Crippen LogP contribution in [-0.2, 0) is 4.74 Å². The molecule has 0 amide bonds. The summed E-state index contributed by atoms with van der Waals surface area (Å²) in [5.74, 6) is 1.13. The number of hydrogen-bond acceptors (Lipinski definition) is 7. The van der Waals surface area contributed by atoms with E-state index in [-0.39, 0.29) is 5.52 Å². The van der Waals surface area contributed by atoms with E-state index < -0.39 is 5.82 Å². The Morgan fingerprint density at radius 3 is 2.67 bits per heavy atom. The highest BCUT2D eigenvalue weighted by Crippen LogP contribution is 2.35. The average molecular weight is 432 g/mol. The molecule has 1 atom stereocenters. The molecule has 1 aromatic carbocycles. The Kier molecular flexibility index (Phi) is 5.30. The molecule has 2 aromatic heterocycles. The molecule has 5 rings (SSSR count). The van der Waals surface area contributed by atoms with Crippen LogP contribution in [-0.4, -0.2) is 53.5 Å². The van der Waals surface area contributed by atoms with Crippen molar-refractivity contribution in [3.05, 3.63) is 34.9 Å². The van der Waals surface area contributed by atoms with Gasteiger partial charge in [0.2, 0.25) is 0 Å². The number of halogens is 2. The van der Waals surface area contributed by atoms with Gasteiger partial charge in [0, 0.05) is 42.2 Å². The number of hydrogen-bond donors (Lipinski definition) is 1. The fourth-order valence-corrected chi connectivity index (χ4v) is 4.48. The van der Waals surface area contributed by atoms with E-state index >= 15 is 0 Å². The third kappa shape index (κ3) is 3.87. The van der Waals surface area contributed by atoms with Crippen LogP contribution in [0, 0.1) is 12.7 Å². The number of ether oxygens (including phenoxy) is 1. The van der Waals surface area contributed by atoms with Gasteiger partial charge in [-0.15, -0.1) is 0 Å². The predicted octanol–water partition coefficient (Wildman–Crippen LogP) is 3.73. The molecule has 0 unspecified atom stereocenters. The fraction of sp³-hybridized carbons (Fsp3) is 0.476. The molecule has 2 aliphatic heterocycles. The standard InChI is InChI=1S/C21H23ClFN5O2/c1-12-24-21(30-27-12)17-9-13-8-14(22)10-18(23)19(13)26-20(17)28-5-2-15(3-6-28)25-16-4-7-29-11-16/h8-10,15-16,25H,2-7,11H2,1H3/t16-/m1/s1. The van der Waals surface area contributed by atoms with Crippen LogP contribution in [0.1, 0.15) is 25.1 Å². The van der Waals surface area contributed by atoms with E-state index in [4.69, 9.17) is 20.9 Å². The third-order valence-electron chi connectivity index (χ3n) is 5.77. The summed E-state index contributed by atoms with van der Waals surface area (Å²) in [5, 5.41) is 8.53. The van der Waals surface area contributed by atoms with Crippen molar-refractivity contribution in [3.8, 4) is 11.5 Å². The number of fused-ring (bicyclic) bond motifs is 1. The van der Waals surface area contributed by atoms with Crippen molar-refractivity contribution in [1.29, 1.82) is 0 Å². The lowest BCUT2D eigenvalue weighted by atomic mass is 10.0. The van der Waals surface area contributed by atoms with Crippen molar-refractivity contribution in [1.82, 2.24) is 20.4 Å². The predicted molar refractivity (Wildman–Crippen MR) is 112 cm³/mol. The zero-order chi connectivity index (χ0) is 20.7. The maximum atomic E-state index is 14.6. The van der Waals surface area contributed by atoms with Gasteiger partial charge in [-0.25, -0.2) is 9.37 Å². The third-order valence-corrected chi connectivity index (χ3v) is 5.99. The highest BCUT2D eigenvalue weighted by molar-refractivity contribution is 6.31. The van der Waals surface area contributed by atoms with E-state index in [0.29, 0.717) is 45.6 Å². The summed E-state index contributed by atoms with van der Waals surface area (Å²) in [6, 6.07) is 5.70. The Labute approximate surface area is 178 Å². The molecule has 2 saturated heterocycles. The Morgan fingerprint density at radius 1 is 1.13 bits per heavy atom. The molecule has 7 nitrogen and oxygen atoms in total. The van der Waals surface area contributed by atoms with Crippen LogP contribution >= 0.6 is 11.6 Å². The zero-order valence-corrected chi connectivity index (χ0v) is 17.5. The second-order valence-electron chi connectivity index (χ2n) is 7.95. The summed E-state index contributed by atoms with van der Waals surface area (Å²) < 4.78 is 25.5. The summed E-state index contributed by atoms with van der Waals surface area (Å²) in [4.78, 5) is 11.2. The summed E-state index contributed by atoms with van der Waals surface area (Å²) in [6.07, 6.45) is 3.01. The summed E-state index contributed by atoms with van der Waals surface area (Å²) in [7, 11) is 0. The molecule has 0 bridgehead atoms. The Morgan fingerprint density at radius 2 is 1.97 bits per heavy atom. The van der Waals surface area contributed by atoms with E-state index in [9.17, 15) is 4.39 Å². The monoisotopic (exact) mass is 431 g/mol. The zero-order valence-electron chi connectivity index (χ0n) is 16.7. The van der Waals surface area contributed by atoms with Gasteiger partial charge in [-0.3, -0.25) is 0 Å². The topological polar surface area (TPSA) is 76.3 Å². The van der Waals surface area contributed by atoms with Gasteiger partial charge in [-0.05, 0) is 44.4 Å². The van der Waals surface area contributed by atoms with E-state index in [0.717, 1.165) is 45.6 Å². The molecule has 0 spiro atoms. The number of benzene rings is 1. The lowest BCUT2D eigenvalue weighted by Crippen LogP contribution is -2.46. The average Bonchev–Trinajstić information content (AvgIpc) is 3.39. The molecular formula is C21H23ClFN5O2. The largest absolute Gasteiger partial charge is 0.380 e. The van der Waals surface area contributed by atoms with Crippen LogP contribution in [0.5, 0.6) is 0 Å². The quantitative estimate of drug-likeness (QED) is 0.674. The first-order valence-corrected chi connectivity index (χ1v) is 10.6. The minimum absolute atomic E-state index is 0.290. The van der Waals surface area contributed by atoms with E-state index in [1.807, 2.05) is 6.07 Å². The second kappa shape index (κ2) is 8.09. The molecule has 0 aliphatic carbocycles. The van der Waals surface area contributed by atoms with Crippen LogP contribution < -0.4 is 10.2 Å². The van der Waals surface area contributed by atoms with Crippen molar-refractivity contribution in [3.63, 3.8) is 0 Å². The van der Waals surface area contributed by atoms with Gasteiger partial charge < -0.3 is 19.5 Å². The molecule has 3 aromatic rings. The van der Waals surface area contributed by atoms with Gasteiger partial charge in [0.25, 0.3) is 5.89 Å². The highest BCUT2D eigenvalue weighted by atomic mass is 35.5. The lowest BCUT2D eigenvalue weighted by molar-refractivity contribution is 0.186. The number of aromatic nitrogens is 3. The molecule has 2 fully saturated rings. The number of aryl methyl sites for hydroxylation is 1. The Balaban J connectivity index is 1.46. The van der Waals surface area contributed by atoms with Crippen LogP contribution in [0.4, 0.5) is 10.2 Å². The van der Waals surface area contributed by atoms with E-state index in [2.05, 4.69) is 25.3 Å². The Hall–Kier alpha value is -2.29. The SMILES string of the molecule is Cc1noc(-c2cc3cc(Cl)cc(F)c3nc2N2CCC(N[C@@H]3CCOC3)CC2)n1. The van der Waals surface area contributed by atoms with E-state index in [1.54, 1.807) is 13.0 Å². The molecule has 0 radical (unpaired) electrons. The highest BCUT2D eigenvalue weighted by Gasteiger charge is 2.27. The van der Waals surface area contributed by atoms with Gasteiger partial charge in [0.05, 0.1) is 12.2 Å². The number of pyridine rings is 1. The van der Waals surface area contributed by atoms with Crippen molar-refractivity contribution in [2.75, 3.05) is 31.2 Å². The molecule has 1 N–H and O–H groups in total. The number of piperidine rings is 1. The number of anilines is 1. The molecule has 9 heteroatoms. The molecule has 4 heterocycles. The maximum Gasteiger partial charge on any atom is 0.261 e. The first-order chi connectivity index (χ1) is 14.6. The molecule has 2 aliphatic rings. The normalized spacial score (nSPS) is 20.4. The van der Waals surface area contributed by atoms with Crippen molar-refractivity contribution < 1.29 is 13.7 Å².